The van der Waals surface area contributed by atoms with Crippen molar-refractivity contribution in [2.24, 2.45) is 0 Å². The van der Waals surface area contributed by atoms with Crippen molar-refractivity contribution in [1.29, 1.82) is 5.26 Å². The minimum atomic E-state index is -0.00256. The smallest absolute Gasteiger partial charge is 0.263 e. The molecule has 3 heterocycles. The Morgan fingerprint density at radius 3 is 2.92 bits per heavy atom. The van der Waals surface area contributed by atoms with Gasteiger partial charge in [-0.1, -0.05) is 13.3 Å². The number of thiophene rings is 1. The summed E-state index contributed by atoms with van der Waals surface area (Å²) in [5.74, 6) is 0. The summed E-state index contributed by atoms with van der Waals surface area (Å²) >= 11 is 2.82. The predicted octanol–water partition coefficient (Wildman–Crippen LogP) is 4.29. The number of aromatic nitrogens is 3. The van der Waals surface area contributed by atoms with Gasteiger partial charge < -0.3 is 0 Å². The first-order valence-electron chi connectivity index (χ1n) is 8.10. The fraction of sp³-hybridized carbons (Fsp3) is 0.333. The van der Waals surface area contributed by atoms with Gasteiger partial charge in [0.05, 0.1) is 10.9 Å². The van der Waals surface area contributed by atoms with E-state index in [1.54, 1.807) is 22.9 Å². The number of nitrogens with zero attached hydrogens (tertiary/aromatic N) is 4. The molecule has 0 aliphatic carbocycles. The van der Waals surface area contributed by atoms with Crippen LogP contribution in [0.15, 0.2) is 33.3 Å². The van der Waals surface area contributed by atoms with Gasteiger partial charge in [0.25, 0.3) is 5.56 Å². The van der Waals surface area contributed by atoms with Crippen LogP contribution in [0.2, 0.25) is 0 Å². The summed E-state index contributed by atoms with van der Waals surface area (Å²) in [5.41, 5.74) is 1.49. The van der Waals surface area contributed by atoms with Gasteiger partial charge in [-0.25, -0.2) is 9.97 Å². The molecular weight excluding hydrogens is 352 g/mol. The van der Waals surface area contributed by atoms with Crippen LogP contribution in [0.1, 0.15) is 35.8 Å². The van der Waals surface area contributed by atoms with Gasteiger partial charge in [0.1, 0.15) is 15.9 Å². The molecule has 0 aliphatic rings. The molecule has 0 fully saturated rings. The van der Waals surface area contributed by atoms with Crippen LogP contribution < -0.4 is 5.56 Å². The van der Waals surface area contributed by atoms with E-state index < -0.39 is 0 Å². The van der Waals surface area contributed by atoms with E-state index in [0.717, 1.165) is 28.1 Å². The van der Waals surface area contributed by atoms with E-state index in [2.05, 4.69) is 18.0 Å². The number of aryl methyl sites for hydroxylation is 2. The highest BCUT2D eigenvalue weighted by atomic mass is 32.2. The molecular formula is C18H18N4OS2. The summed E-state index contributed by atoms with van der Waals surface area (Å²) in [6.07, 6.45) is 3.54. The summed E-state index contributed by atoms with van der Waals surface area (Å²) < 4.78 is 1.73. The highest BCUT2D eigenvalue weighted by Crippen LogP contribution is 2.31. The van der Waals surface area contributed by atoms with Gasteiger partial charge in [0.15, 0.2) is 5.16 Å². The van der Waals surface area contributed by atoms with Crippen LogP contribution >= 0.6 is 23.1 Å². The first-order chi connectivity index (χ1) is 12.1. The van der Waals surface area contributed by atoms with E-state index in [0.29, 0.717) is 27.7 Å². The Hall–Kier alpha value is -2.17. The van der Waals surface area contributed by atoms with Gasteiger partial charge in [-0.15, -0.1) is 11.3 Å². The molecule has 0 aliphatic heterocycles. The number of rotatable bonds is 5. The number of hydrogen-bond donors (Lipinski definition) is 0. The average Bonchev–Trinajstić information content (AvgIpc) is 2.89. The Bertz CT molecular complexity index is 1030. The first kappa shape index (κ1) is 17.6. The lowest BCUT2D eigenvalue weighted by atomic mass is 10.2. The molecule has 0 N–H and O–H groups in total. The molecule has 0 atom stereocenters. The zero-order valence-corrected chi connectivity index (χ0v) is 16.0. The highest BCUT2D eigenvalue weighted by Gasteiger charge is 2.18. The maximum atomic E-state index is 13.1. The van der Waals surface area contributed by atoms with Crippen molar-refractivity contribution < 1.29 is 0 Å². The van der Waals surface area contributed by atoms with Crippen LogP contribution in [0.25, 0.3) is 10.2 Å². The molecule has 0 saturated heterocycles. The maximum absolute atomic E-state index is 13.1. The molecule has 7 heteroatoms. The Morgan fingerprint density at radius 2 is 2.20 bits per heavy atom. The fourth-order valence-electron chi connectivity index (χ4n) is 2.54. The molecule has 0 amide bonds. The summed E-state index contributed by atoms with van der Waals surface area (Å²) in [7, 11) is 0. The Balaban J connectivity index is 2.19. The summed E-state index contributed by atoms with van der Waals surface area (Å²) in [6, 6.07) is 5.60. The van der Waals surface area contributed by atoms with Crippen molar-refractivity contribution in [3.63, 3.8) is 0 Å². The molecule has 0 unspecified atom stereocenters. The number of unbranched alkanes of at least 4 members (excludes halogenated alkanes) is 1. The summed E-state index contributed by atoms with van der Waals surface area (Å²) in [4.78, 5) is 24.0. The van der Waals surface area contributed by atoms with Crippen molar-refractivity contribution >= 4 is 33.3 Å². The van der Waals surface area contributed by atoms with Crippen LogP contribution in [-0.2, 0) is 6.54 Å². The predicted molar refractivity (Wildman–Crippen MR) is 101 cm³/mol. The molecule has 128 valence electrons. The number of nitriles is 1. The van der Waals surface area contributed by atoms with Gasteiger partial charge in [0, 0.05) is 17.6 Å². The normalized spacial score (nSPS) is 11.0. The minimum Gasteiger partial charge on any atom is -0.287 e. The van der Waals surface area contributed by atoms with Gasteiger partial charge in [0.2, 0.25) is 0 Å². The van der Waals surface area contributed by atoms with Gasteiger partial charge in [-0.2, -0.15) is 5.26 Å². The molecule has 5 nitrogen and oxygen atoms in total. The van der Waals surface area contributed by atoms with Gasteiger partial charge in [-0.05, 0) is 49.7 Å². The Kier molecular flexibility index (Phi) is 5.21. The average molecular weight is 371 g/mol. The number of pyridine rings is 1. The lowest BCUT2D eigenvalue weighted by molar-refractivity contribution is 0.558. The standard InChI is InChI=1S/C18H18N4OS2/c1-4-5-9-22-17(23)14-11(2)12(3)24-16(14)21-18(22)25-15-13(10-19)7-6-8-20-15/h6-8H,4-5,9H2,1-3H3. The van der Waals surface area contributed by atoms with Crippen molar-refractivity contribution in [1.82, 2.24) is 14.5 Å². The Labute approximate surface area is 154 Å². The molecule has 3 aromatic rings. The lowest BCUT2D eigenvalue weighted by Gasteiger charge is -2.11. The highest BCUT2D eigenvalue weighted by molar-refractivity contribution is 7.99. The summed E-state index contributed by atoms with van der Waals surface area (Å²) in [6.45, 7) is 6.69. The second-order valence-electron chi connectivity index (χ2n) is 5.74. The SMILES string of the molecule is CCCCn1c(Sc2ncccc2C#N)nc2sc(C)c(C)c2c1=O. The second-order valence-corrected chi connectivity index (χ2v) is 7.90. The van der Waals surface area contributed by atoms with E-state index in [9.17, 15) is 10.1 Å². The van der Waals surface area contributed by atoms with Crippen LogP contribution in [0.4, 0.5) is 0 Å². The molecule has 0 aromatic carbocycles. The van der Waals surface area contributed by atoms with Crippen LogP contribution in [0.5, 0.6) is 0 Å². The third kappa shape index (κ3) is 3.32. The van der Waals surface area contributed by atoms with E-state index in [-0.39, 0.29) is 5.56 Å². The summed E-state index contributed by atoms with van der Waals surface area (Å²) in [5, 5.41) is 11.2. The maximum Gasteiger partial charge on any atom is 0.263 e. The van der Waals surface area contributed by atoms with E-state index in [4.69, 9.17) is 4.98 Å². The molecule has 3 rings (SSSR count). The molecule has 0 saturated carbocycles. The molecule has 3 aromatic heterocycles. The topological polar surface area (TPSA) is 71.6 Å². The van der Waals surface area contributed by atoms with E-state index in [1.165, 1.54) is 23.1 Å². The zero-order valence-electron chi connectivity index (χ0n) is 14.4. The minimum absolute atomic E-state index is 0.00256. The first-order valence-corrected chi connectivity index (χ1v) is 9.73. The van der Waals surface area contributed by atoms with Crippen LogP contribution in [0.3, 0.4) is 0 Å². The van der Waals surface area contributed by atoms with Gasteiger partial charge >= 0.3 is 0 Å². The quantitative estimate of drug-likeness (QED) is 0.626. The number of fused-ring (bicyclic) bond motifs is 1. The zero-order chi connectivity index (χ0) is 18.0. The largest absolute Gasteiger partial charge is 0.287 e. The van der Waals surface area contributed by atoms with Crippen molar-refractivity contribution in [2.75, 3.05) is 0 Å². The van der Waals surface area contributed by atoms with Gasteiger partial charge in [-0.3, -0.25) is 9.36 Å². The van der Waals surface area contributed by atoms with E-state index >= 15 is 0 Å². The van der Waals surface area contributed by atoms with Crippen molar-refractivity contribution in [3.05, 3.63) is 44.7 Å². The van der Waals surface area contributed by atoms with Crippen LogP contribution in [-0.4, -0.2) is 14.5 Å². The Morgan fingerprint density at radius 1 is 1.40 bits per heavy atom. The monoisotopic (exact) mass is 370 g/mol. The van der Waals surface area contributed by atoms with Crippen molar-refractivity contribution in [3.8, 4) is 6.07 Å². The molecule has 0 spiro atoms. The van der Waals surface area contributed by atoms with E-state index in [1.807, 2.05) is 13.8 Å². The fourth-order valence-corrected chi connectivity index (χ4v) is 4.55. The molecule has 0 bridgehead atoms. The number of hydrogen-bond acceptors (Lipinski definition) is 6. The molecule has 0 radical (unpaired) electrons. The van der Waals surface area contributed by atoms with Crippen LogP contribution in [0, 0.1) is 25.2 Å². The third-order valence-corrected chi connectivity index (χ3v) is 6.18. The van der Waals surface area contributed by atoms with Crippen molar-refractivity contribution in [2.45, 2.75) is 50.3 Å². The lowest BCUT2D eigenvalue weighted by Crippen LogP contribution is -2.23. The second kappa shape index (κ2) is 7.38. The third-order valence-electron chi connectivity index (χ3n) is 4.07. The molecule has 25 heavy (non-hydrogen) atoms.